The molecule has 0 atom stereocenters. The van der Waals surface area contributed by atoms with Crippen molar-refractivity contribution in [2.45, 2.75) is 64.2 Å². The number of rotatable bonds is 3. The minimum absolute atomic E-state index is 0.567. The van der Waals surface area contributed by atoms with Gasteiger partial charge in [0.1, 0.15) is 0 Å². The summed E-state index contributed by atoms with van der Waals surface area (Å²) in [5, 5.41) is 8.33. The molecule has 0 spiro atoms. The van der Waals surface area contributed by atoms with Gasteiger partial charge in [0.25, 0.3) is 0 Å². The maximum absolute atomic E-state index is 8.33. The maximum atomic E-state index is 8.33. The number of amidine groups is 1. The van der Waals surface area contributed by atoms with Gasteiger partial charge < -0.3 is 4.90 Å². The summed E-state index contributed by atoms with van der Waals surface area (Å²) in [6, 6.07) is 0. The monoisotopic (exact) mass is 236 g/mol. The molecule has 0 aliphatic heterocycles. The van der Waals surface area contributed by atoms with E-state index in [0.29, 0.717) is 5.92 Å². The molecule has 0 saturated heterocycles. The van der Waals surface area contributed by atoms with Crippen molar-refractivity contribution in [1.29, 1.82) is 5.41 Å². The van der Waals surface area contributed by atoms with Gasteiger partial charge in [-0.05, 0) is 31.6 Å². The maximum Gasteiger partial charge on any atom is 0.0986 e. The molecule has 1 N–H and O–H groups in total. The van der Waals surface area contributed by atoms with Crippen molar-refractivity contribution < 1.29 is 0 Å². The van der Waals surface area contributed by atoms with Gasteiger partial charge in [0.15, 0.2) is 0 Å². The lowest BCUT2D eigenvalue weighted by Crippen LogP contribution is -2.37. The lowest BCUT2D eigenvalue weighted by atomic mass is 9.86. The van der Waals surface area contributed by atoms with Crippen LogP contribution in [0.4, 0.5) is 0 Å². The molecule has 2 nitrogen and oxygen atoms in total. The highest BCUT2D eigenvalue weighted by Crippen LogP contribution is 2.27. The number of nitrogens with zero attached hydrogens (tertiary/aromatic N) is 1. The van der Waals surface area contributed by atoms with Gasteiger partial charge in [0, 0.05) is 19.5 Å². The minimum atomic E-state index is 0.567. The third-order valence-corrected chi connectivity index (χ3v) is 4.66. The lowest BCUT2D eigenvalue weighted by molar-refractivity contribution is 0.282. The zero-order chi connectivity index (χ0) is 12.1. The number of hydrogen-bond donors (Lipinski definition) is 1. The van der Waals surface area contributed by atoms with E-state index in [-0.39, 0.29) is 0 Å². The highest BCUT2D eigenvalue weighted by molar-refractivity contribution is 5.81. The summed E-state index contributed by atoms with van der Waals surface area (Å²) in [5.74, 6) is 2.35. The van der Waals surface area contributed by atoms with Crippen molar-refractivity contribution in [2.24, 2.45) is 11.8 Å². The Kier molecular flexibility index (Phi) is 4.87. The van der Waals surface area contributed by atoms with E-state index in [2.05, 4.69) is 11.9 Å². The normalized spacial score (nSPS) is 23.6. The molecule has 0 aromatic carbocycles. The first-order chi connectivity index (χ1) is 8.27. The highest BCUT2D eigenvalue weighted by atomic mass is 15.1. The van der Waals surface area contributed by atoms with Gasteiger partial charge in [-0.1, -0.05) is 38.5 Å². The number of hydrogen-bond acceptors (Lipinski definition) is 1. The fourth-order valence-corrected chi connectivity index (χ4v) is 3.54. The predicted molar refractivity (Wildman–Crippen MR) is 73.5 cm³/mol. The van der Waals surface area contributed by atoms with E-state index in [9.17, 15) is 0 Å². The van der Waals surface area contributed by atoms with E-state index in [1.54, 1.807) is 0 Å². The van der Waals surface area contributed by atoms with Crippen molar-refractivity contribution in [3.63, 3.8) is 0 Å². The molecule has 0 radical (unpaired) electrons. The summed E-state index contributed by atoms with van der Waals surface area (Å²) in [7, 11) is 2.14. The van der Waals surface area contributed by atoms with Gasteiger partial charge in [-0.15, -0.1) is 0 Å². The Labute approximate surface area is 106 Å². The molecule has 2 saturated carbocycles. The van der Waals surface area contributed by atoms with E-state index in [1.165, 1.54) is 64.2 Å². The molecule has 2 aliphatic rings. The van der Waals surface area contributed by atoms with Crippen molar-refractivity contribution in [3.8, 4) is 0 Å². The van der Waals surface area contributed by atoms with E-state index >= 15 is 0 Å². The second-order valence-electron chi connectivity index (χ2n) is 6.10. The topological polar surface area (TPSA) is 27.1 Å². The van der Waals surface area contributed by atoms with Gasteiger partial charge in [0.2, 0.25) is 0 Å². The average molecular weight is 236 g/mol. The molecule has 2 heteroatoms. The summed E-state index contributed by atoms with van der Waals surface area (Å²) >= 11 is 0. The standard InChI is InChI=1S/C15H28N2/c1-17(12-13-8-4-2-5-9-13)15(16)14-10-6-3-7-11-14/h13-14,16H,2-12H2,1H3. The van der Waals surface area contributed by atoms with Crippen LogP contribution in [-0.4, -0.2) is 24.3 Å². The van der Waals surface area contributed by atoms with Gasteiger partial charge in [0.05, 0.1) is 5.84 Å². The molecule has 0 aromatic heterocycles. The van der Waals surface area contributed by atoms with E-state index < -0.39 is 0 Å². The predicted octanol–water partition coefficient (Wildman–Crippen LogP) is 4.06. The first-order valence-electron chi connectivity index (χ1n) is 7.57. The van der Waals surface area contributed by atoms with E-state index in [1.807, 2.05) is 0 Å². The molecule has 17 heavy (non-hydrogen) atoms. The van der Waals surface area contributed by atoms with Crippen LogP contribution in [0.5, 0.6) is 0 Å². The average Bonchev–Trinajstić information content (AvgIpc) is 2.40. The van der Waals surface area contributed by atoms with Crippen LogP contribution in [-0.2, 0) is 0 Å². The highest BCUT2D eigenvalue weighted by Gasteiger charge is 2.23. The van der Waals surface area contributed by atoms with Crippen LogP contribution in [0.2, 0.25) is 0 Å². The van der Waals surface area contributed by atoms with Crippen LogP contribution in [0, 0.1) is 17.2 Å². The summed E-state index contributed by atoms with van der Waals surface area (Å²) in [6.07, 6.45) is 13.6. The van der Waals surface area contributed by atoms with Crippen molar-refractivity contribution >= 4 is 5.84 Å². The molecule has 0 bridgehead atoms. The molecule has 0 aromatic rings. The molecule has 98 valence electrons. The molecule has 2 fully saturated rings. The van der Waals surface area contributed by atoms with Crippen molar-refractivity contribution in [1.82, 2.24) is 4.90 Å². The second kappa shape index (κ2) is 6.42. The van der Waals surface area contributed by atoms with Gasteiger partial charge in [-0.2, -0.15) is 0 Å². The minimum Gasteiger partial charge on any atom is -0.363 e. The Bertz CT molecular complexity index is 237. The molecule has 2 rings (SSSR count). The molecular weight excluding hydrogens is 208 g/mol. The Morgan fingerprint density at radius 1 is 0.941 bits per heavy atom. The summed E-state index contributed by atoms with van der Waals surface area (Å²) in [5.41, 5.74) is 0. The van der Waals surface area contributed by atoms with Crippen molar-refractivity contribution in [3.05, 3.63) is 0 Å². The number of nitrogens with one attached hydrogen (secondary N) is 1. The first kappa shape index (κ1) is 12.9. The summed E-state index contributed by atoms with van der Waals surface area (Å²) in [6.45, 7) is 1.13. The van der Waals surface area contributed by atoms with Crippen LogP contribution in [0.3, 0.4) is 0 Å². The lowest BCUT2D eigenvalue weighted by Gasteiger charge is -2.33. The van der Waals surface area contributed by atoms with Crippen LogP contribution in [0.25, 0.3) is 0 Å². The molecule has 0 amide bonds. The van der Waals surface area contributed by atoms with Crippen molar-refractivity contribution in [2.75, 3.05) is 13.6 Å². The van der Waals surface area contributed by atoms with Gasteiger partial charge in [-0.3, -0.25) is 5.41 Å². The molecule has 0 heterocycles. The van der Waals surface area contributed by atoms with Gasteiger partial charge in [-0.25, -0.2) is 0 Å². The second-order valence-corrected chi connectivity index (χ2v) is 6.10. The summed E-state index contributed by atoms with van der Waals surface area (Å²) in [4.78, 5) is 2.26. The third kappa shape index (κ3) is 3.72. The van der Waals surface area contributed by atoms with Crippen LogP contribution in [0.15, 0.2) is 0 Å². The van der Waals surface area contributed by atoms with Crippen LogP contribution < -0.4 is 0 Å². The first-order valence-corrected chi connectivity index (χ1v) is 7.57. The van der Waals surface area contributed by atoms with Crippen LogP contribution in [0.1, 0.15) is 64.2 Å². The summed E-state index contributed by atoms with van der Waals surface area (Å²) < 4.78 is 0. The Morgan fingerprint density at radius 3 is 2.06 bits per heavy atom. The zero-order valence-corrected chi connectivity index (χ0v) is 11.4. The Balaban J connectivity index is 1.77. The molecule has 2 aliphatic carbocycles. The largest absolute Gasteiger partial charge is 0.363 e. The fraction of sp³-hybridized carbons (Fsp3) is 0.933. The van der Waals surface area contributed by atoms with E-state index in [0.717, 1.165) is 18.3 Å². The quantitative estimate of drug-likeness (QED) is 0.581. The van der Waals surface area contributed by atoms with Gasteiger partial charge >= 0.3 is 0 Å². The molecule has 0 unspecified atom stereocenters. The molecular formula is C15H28N2. The fourth-order valence-electron chi connectivity index (χ4n) is 3.54. The Morgan fingerprint density at radius 2 is 1.47 bits per heavy atom. The van der Waals surface area contributed by atoms with E-state index in [4.69, 9.17) is 5.41 Å². The zero-order valence-electron chi connectivity index (χ0n) is 11.4. The van der Waals surface area contributed by atoms with Crippen LogP contribution >= 0.6 is 0 Å². The smallest absolute Gasteiger partial charge is 0.0986 e. The third-order valence-electron chi connectivity index (χ3n) is 4.66. The Hall–Kier alpha value is -0.530. The SMILES string of the molecule is CN(CC1CCCCC1)C(=N)C1CCCCC1.